The quantitative estimate of drug-likeness (QED) is 0.443. The summed E-state index contributed by atoms with van der Waals surface area (Å²) in [6.07, 6.45) is 1.50. The molecule has 1 aromatic rings. The number of esters is 2. The van der Waals surface area contributed by atoms with E-state index in [-0.39, 0.29) is 6.42 Å². The number of benzene rings is 1. The molecule has 1 aliphatic rings. The highest BCUT2D eigenvalue weighted by Crippen LogP contribution is 2.36. The summed E-state index contributed by atoms with van der Waals surface area (Å²) in [7, 11) is 2.24. The Morgan fingerprint density at radius 1 is 1.11 bits per heavy atom. The molecule has 8 heteroatoms. The molecule has 1 fully saturated rings. The number of methoxy groups -OCH3 is 2. The summed E-state index contributed by atoms with van der Waals surface area (Å²) in [5.41, 5.74) is -2.07. The molecular formula is C20H25NO7. The van der Waals surface area contributed by atoms with Crippen LogP contribution < -0.4 is 0 Å². The van der Waals surface area contributed by atoms with E-state index >= 15 is 0 Å². The number of rotatable bonds is 4. The average molecular weight is 391 g/mol. The largest absolute Gasteiger partial charge is 0.467 e. The van der Waals surface area contributed by atoms with E-state index in [4.69, 9.17) is 19.0 Å². The number of hydrogen-bond acceptors (Lipinski definition) is 7. The van der Waals surface area contributed by atoms with Gasteiger partial charge < -0.3 is 14.2 Å². The molecule has 1 aliphatic heterocycles. The van der Waals surface area contributed by atoms with Crippen molar-refractivity contribution in [3.63, 3.8) is 0 Å². The van der Waals surface area contributed by atoms with Crippen LogP contribution in [-0.4, -0.2) is 54.6 Å². The molecule has 152 valence electrons. The van der Waals surface area contributed by atoms with Crippen molar-refractivity contribution in [3.05, 3.63) is 42.0 Å². The van der Waals surface area contributed by atoms with Gasteiger partial charge in [-0.05, 0) is 26.3 Å². The van der Waals surface area contributed by atoms with Gasteiger partial charge in [0.05, 0.1) is 14.2 Å². The summed E-state index contributed by atoms with van der Waals surface area (Å²) in [6.45, 7) is 4.98. The van der Waals surface area contributed by atoms with E-state index in [1.54, 1.807) is 32.9 Å². The van der Waals surface area contributed by atoms with E-state index in [0.717, 1.165) is 19.8 Å². The van der Waals surface area contributed by atoms with Gasteiger partial charge in [-0.25, -0.2) is 14.4 Å². The lowest BCUT2D eigenvalue weighted by Crippen LogP contribution is -2.59. The summed E-state index contributed by atoms with van der Waals surface area (Å²) in [5.74, 6) is -1.94. The zero-order chi connectivity index (χ0) is 20.9. The molecule has 1 unspecified atom stereocenters. The molecule has 0 N–H and O–H groups in total. The number of amides is 1. The highest BCUT2D eigenvalue weighted by atomic mass is 16.8. The second kappa shape index (κ2) is 8.43. The molecule has 8 nitrogen and oxygen atoms in total. The maximum atomic E-state index is 12.7. The van der Waals surface area contributed by atoms with Gasteiger partial charge in [-0.2, -0.15) is 5.06 Å². The predicted molar refractivity (Wildman–Crippen MR) is 99.8 cm³/mol. The SMILES string of the molecule is COC(=O)C1(C(=O)OC)CC(/C=C/c2ccccc2)ON1C(=O)OC(C)(C)C. The number of hydroxylamine groups is 2. The average Bonchev–Trinajstić information content (AvgIpc) is 3.05. The molecule has 1 aromatic carbocycles. The van der Waals surface area contributed by atoms with E-state index in [0.29, 0.717) is 5.06 Å². The Balaban J connectivity index is 2.39. The Morgan fingerprint density at radius 2 is 1.68 bits per heavy atom. The third kappa shape index (κ3) is 4.51. The van der Waals surface area contributed by atoms with Crippen LogP contribution in [0, 0.1) is 0 Å². The second-order valence-corrected chi connectivity index (χ2v) is 7.24. The molecule has 0 radical (unpaired) electrons. The van der Waals surface area contributed by atoms with Crippen molar-refractivity contribution in [2.24, 2.45) is 0 Å². The van der Waals surface area contributed by atoms with Crippen molar-refractivity contribution < 1.29 is 33.4 Å². The first-order chi connectivity index (χ1) is 13.1. The van der Waals surface area contributed by atoms with Gasteiger partial charge in [-0.15, -0.1) is 0 Å². The Hall–Kier alpha value is -2.87. The van der Waals surface area contributed by atoms with Crippen molar-refractivity contribution >= 4 is 24.1 Å². The summed E-state index contributed by atoms with van der Waals surface area (Å²) >= 11 is 0. The molecule has 1 amide bonds. The zero-order valence-electron chi connectivity index (χ0n) is 16.6. The maximum Gasteiger partial charge on any atom is 0.436 e. The lowest BCUT2D eigenvalue weighted by Gasteiger charge is -2.32. The first kappa shape index (κ1) is 21.4. The van der Waals surface area contributed by atoms with Gasteiger partial charge in [-0.1, -0.05) is 42.5 Å². The van der Waals surface area contributed by atoms with Crippen molar-refractivity contribution in [1.82, 2.24) is 5.06 Å². The van der Waals surface area contributed by atoms with Crippen LogP contribution in [0.25, 0.3) is 6.08 Å². The summed E-state index contributed by atoms with van der Waals surface area (Å²) in [4.78, 5) is 43.4. The van der Waals surface area contributed by atoms with Gasteiger partial charge in [0, 0.05) is 6.42 Å². The number of ether oxygens (including phenoxy) is 3. The van der Waals surface area contributed by atoms with E-state index in [1.807, 2.05) is 30.3 Å². The van der Waals surface area contributed by atoms with Gasteiger partial charge in [0.25, 0.3) is 5.54 Å². The summed E-state index contributed by atoms with van der Waals surface area (Å²) < 4.78 is 14.9. The first-order valence-electron chi connectivity index (χ1n) is 8.74. The molecule has 2 rings (SSSR count). The van der Waals surface area contributed by atoms with Gasteiger partial charge in [0.2, 0.25) is 0 Å². The van der Waals surface area contributed by atoms with Crippen molar-refractivity contribution in [1.29, 1.82) is 0 Å². The standard InChI is InChI=1S/C20H25NO7/c1-19(2,3)27-18(24)21-20(16(22)25-4,17(23)26-5)13-15(28-21)12-11-14-9-7-6-8-10-14/h6-12,15H,13H2,1-5H3/b12-11+. The topological polar surface area (TPSA) is 91.4 Å². The first-order valence-corrected chi connectivity index (χ1v) is 8.74. The molecule has 0 bridgehead atoms. The molecule has 0 saturated carbocycles. The minimum Gasteiger partial charge on any atom is -0.467 e. The number of hydrogen-bond donors (Lipinski definition) is 0. The van der Waals surface area contributed by atoms with Gasteiger partial charge in [0.1, 0.15) is 11.7 Å². The highest BCUT2D eigenvalue weighted by molar-refractivity contribution is 6.07. The highest BCUT2D eigenvalue weighted by Gasteiger charge is 2.63. The van der Waals surface area contributed by atoms with Gasteiger partial charge >= 0.3 is 18.0 Å². The second-order valence-electron chi connectivity index (χ2n) is 7.24. The fourth-order valence-corrected chi connectivity index (χ4v) is 2.78. The van der Waals surface area contributed by atoms with Crippen molar-refractivity contribution in [2.75, 3.05) is 14.2 Å². The lowest BCUT2D eigenvalue weighted by molar-refractivity contribution is -0.198. The van der Waals surface area contributed by atoms with Crippen LogP contribution in [0.5, 0.6) is 0 Å². The Bertz CT molecular complexity index is 736. The molecule has 28 heavy (non-hydrogen) atoms. The molecule has 1 saturated heterocycles. The molecule has 0 aliphatic carbocycles. The molecule has 1 heterocycles. The zero-order valence-corrected chi connectivity index (χ0v) is 16.6. The third-order valence-corrected chi connectivity index (χ3v) is 3.99. The third-order valence-electron chi connectivity index (χ3n) is 3.99. The van der Waals surface area contributed by atoms with Crippen LogP contribution in [0.1, 0.15) is 32.8 Å². The van der Waals surface area contributed by atoms with Crippen molar-refractivity contribution in [2.45, 2.75) is 44.4 Å². The molecule has 0 spiro atoms. The fraction of sp³-hybridized carbons (Fsp3) is 0.450. The minimum atomic E-state index is -2.10. The van der Waals surface area contributed by atoms with E-state index in [2.05, 4.69) is 0 Å². The van der Waals surface area contributed by atoms with Crippen molar-refractivity contribution in [3.8, 4) is 0 Å². The Labute approximate surface area is 163 Å². The van der Waals surface area contributed by atoms with Crippen LogP contribution in [0.3, 0.4) is 0 Å². The van der Waals surface area contributed by atoms with Crippen LogP contribution >= 0.6 is 0 Å². The van der Waals surface area contributed by atoms with Crippen LogP contribution in [-0.2, 0) is 28.6 Å². The van der Waals surface area contributed by atoms with E-state index in [9.17, 15) is 14.4 Å². The number of carbonyl (C=O) groups excluding carboxylic acids is 3. The summed E-state index contributed by atoms with van der Waals surface area (Å²) in [6, 6.07) is 9.38. The van der Waals surface area contributed by atoms with E-state index < -0.39 is 35.3 Å². The Kier molecular flexibility index (Phi) is 6.45. The number of nitrogens with zero attached hydrogens (tertiary/aromatic N) is 1. The minimum absolute atomic E-state index is 0.172. The Morgan fingerprint density at radius 3 is 2.18 bits per heavy atom. The normalized spacial score (nSPS) is 18.8. The smallest absolute Gasteiger partial charge is 0.436 e. The van der Waals surface area contributed by atoms with Gasteiger partial charge in [0.15, 0.2) is 0 Å². The molecule has 1 atom stereocenters. The van der Waals surface area contributed by atoms with Crippen LogP contribution in [0.15, 0.2) is 36.4 Å². The fourth-order valence-electron chi connectivity index (χ4n) is 2.78. The molecule has 0 aromatic heterocycles. The maximum absolute atomic E-state index is 12.7. The lowest BCUT2D eigenvalue weighted by atomic mass is 9.92. The van der Waals surface area contributed by atoms with Crippen LogP contribution in [0.4, 0.5) is 4.79 Å². The summed E-state index contributed by atoms with van der Waals surface area (Å²) in [5, 5.41) is 0.621. The van der Waals surface area contributed by atoms with E-state index in [1.165, 1.54) is 0 Å². The monoisotopic (exact) mass is 391 g/mol. The van der Waals surface area contributed by atoms with Gasteiger partial charge in [-0.3, -0.25) is 4.84 Å². The molecular weight excluding hydrogens is 366 g/mol. The number of carbonyl (C=O) groups is 3. The van der Waals surface area contributed by atoms with Crippen LogP contribution in [0.2, 0.25) is 0 Å². The predicted octanol–water partition coefficient (Wildman–Crippen LogP) is 2.73.